The standard InChI is InChI=1S/C22H26BrFN2O3/c1-26(18-7-10-28-11-8-18)9-12-29-19-4-2-3-16(13-19)15-25-22(27)20-14-17(24)5-6-21(20)23/h2-6,13-14,18H,7-12,15H2,1H3,(H,25,27). The molecule has 0 aliphatic carbocycles. The summed E-state index contributed by atoms with van der Waals surface area (Å²) in [4.78, 5) is 14.6. The van der Waals surface area contributed by atoms with Crippen LogP contribution in [0.4, 0.5) is 4.39 Å². The number of benzene rings is 2. The summed E-state index contributed by atoms with van der Waals surface area (Å²) in [6.07, 6.45) is 2.13. The van der Waals surface area contributed by atoms with E-state index >= 15 is 0 Å². The van der Waals surface area contributed by atoms with Crippen LogP contribution in [0.25, 0.3) is 0 Å². The molecule has 0 unspecified atom stereocenters. The normalized spacial score (nSPS) is 14.8. The van der Waals surface area contributed by atoms with Crippen molar-refractivity contribution in [1.82, 2.24) is 10.2 Å². The van der Waals surface area contributed by atoms with Gasteiger partial charge in [-0.25, -0.2) is 4.39 Å². The van der Waals surface area contributed by atoms with Gasteiger partial charge in [0.05, 0.1) is 5.56 Å². The van der Waals surface area contributed by atoms with Crippen molar-refractivity contribution >= 4 is 21.8 Å². The second-order valence-electron chi connectivity index (χ2n) is 7.13. The molecule has 7 heteroatoms. The highest BCUT2D eigenvalue weighted by Crippen LogP contribution is 2.19. The first-order chi connectivity index (χ1) is 14.0. The summed E-state index contributed by atoms with van der Waals surface area (Å²) < 4.78 is 25.2. The highest BCUT2D eigenvalue weighted by Gasteiger charge is 2.18. The van der Waals surface area contributed by atoms with Crippen molar-refractivity contribution in [2.45, 2.75) is 25.4 Å². The summed E-state index contributed by atoms with van der Waals surface area (Å²) in [5.74, 6) is -0.00990. The third-order valence-electron chi connectivity index (χ3n) is 5.05. The molecule has 1 fully saturated rings. The Morgan fingerprint density at radius 3 is 2.86 bits per heavy atom. The van der Waals surface area contributed by atoms with Crippen LogP contribution in [0.3, 0.4) is 0 Å². The number of rotatable bonds is 8. The summed E-state index contributed by atoms with van der Waals surface area (Å²) in [5, 5.41) is 2.82. The number of ether oxygens (including phenoxy) is 2. The maximum Gasteiger partial charge on any atom is 0.252 e. The zero-order chi connectivity index (χ0) is 20.6. The molecule has 1 N–H and O–H groups in total. The molecule has 1 aliphatic rings. The average Bonchev–Trinajstić information content (AvgIpc) is 2.74. The number of carbonyl (C=O) groups is 1. The first kappa shape index (κ1) is 21.7. The molecule has 5 nitrogen and oxygen atoms in total. The summed E-state index contributed by atoms with van der Waals surface area (Å²) in [7, 11) is 2.12. The van der Waals surface area contributed by atoms with Crippen LogP contribution in [0, 0.1) is 5.82 Å². The molecule has 0 bridgehead atoms. The van der Waals surface area contributed by atoms with E-state index in [9.17, 15) is 9.18 Å². The largest absolute Gasteiger partial charge is 0.492 e. The van der Waals surface area contributed by atoms with Crippen molar-refractivity contribution in [3.63, 3.8) is 0 Å². The van der Waals surface area contributed by atoms with Crippen molar-refractivity contribution < 1.29 is 18.7 Å². The Hall–Kier alpha value is -1.96. The van der Waals surface area contributed by atoms with Crippen molar-refractivity contribution in [2.75, 3.05) is 33.4 Å². The fourth-order valence-electron chi connectivity index (χ4n) is 3.31. The van der Waals surface area contributed by atoms with Gasteiger partial charge < -0.3 is 14.8 Å². The highest BCUT2D eigenvalue weighted by molar-refractivity contribution is 9.10. The van der Waals surface area contributed by atoms with Gasteiger partial charge >= 0.3 is 0 Å². The Labute approximate surface area is 179 Å². The minimum atomic E-state index is -0.445. The molecule has 1 aliphatic heterocycles. The van der Waals surface area contributed by atoms with E-state index in [2.05, 4.69) is 33.2 Å². The molecule has 0 saturated carbocycles. The molecule has 0 spiro atoms. The number of amides is 1. The van der Waals surface area contributed by atoms with E-state index in [-0.39, 0.29) is 11.5 Å². The van der Waals surface area contributed by atoms with Crippen LogP contribution in [0.1, 0.15) is 28.8 Å². The molecular weight excluding hydrogens is 439 g/mol. The number of nitrogens with zero attached hydrogens (tertiary/aromatic N) is 1. The van der Waals surface area contributed by atoms with Crippen LogP contribution >= 0.6 is 15.9 Å². The van der Waals surface area contributed by atoms with Crippen LogP contribution in [0.2, 0.25) is 0 Å². The maximum atomic E-state index is 13.4. The summed E-state index contributed by atoms with van der Waals surface area (Å²) in [6.45, 7) is 3.44. The summed E-state index contributed by atoms with van der Waals surface area (Å²) in [5.41, 5.74) is 1.19. The summed E-state index contributed by atoms with van der Waals surface area (Å²) >= 11 is 3.28. The van der Waals surface area contributed by atoms with Gasteiger partial charge in [0.1, 0.15) is 18.2 Å². The zero-order valence-electron chi connectivity index (χ0n) is 16.5. The monoisotopic (exact) mass is 464 g/mol. The number of carbonyl (C=O) groups excluding carboxylic acids is 1. The van der Waals surface area contributed by atoms with Gasteiger partial charge in [0.2, 0.25) is 0 Å². The molecule has 29 heavy (non-hydrogen) atoms. The van der Waals surface area contributed by atoms with Crippen LogP contribution in [0.5, 0.6) is 5.75 Å². The Kier molecular flexibility index (Phi) is 8.03. The molecule has 0 atom stereocenters. The lowest BCUT2D eigenvalue weighted by molar-refractivity contribution is 0.0392. The lowest BCUT2D eigenvalue weighted by atomic mass is 10.1. The first-order valence-corrected chi connectivity index (χ1v) is 10.5. The van der Waals surface area contributed by atoms with Crippen molar-refractivity contribution in [3.05, 3.63) is 63.9 Å². The van der Waals surface area contributed by atoms with E-state index in [0.29, 0.717) is 23.7 Å². The predicted octanol–water partition coefficient (Wildman–Crippen LogP) is 4.01. The van der Waals surface area contributed by atoms with Crippen LogP contribution in [-0.2, 0) is 11.3 Å². The second kappa shape index (κ2) is 10.7. The fourth-order valence-corrected chi connectivity index (χ4v) is 3.74. The quantitative estimate of drug-likeness (QED) is 0.641. The van der Waals surface area contributed by atoms with Gasteiger partial charge in [0.25, 0.3) is 5.91 Å². The number of hydrogen-bond donors (Lipinski definition) is 1. The van der Waals surface area contributed by atoms with Crippen LogP contribution in [-0.4, -0.2) is 50.3 Å². The SMILES string of the molecule is CN(CCOc1cccc(CNC(=O)c2cc(F)ccc2Br)c1)C1CCOCC1. The van der Waals surface area contributed by atoms with E-state index < -0.39 is 5.82 Å². The molecule has 2 aromatic carbocycles. The van der Waals surface area contributed by atoms with E-state index in [1.54, 1.807) is 0 Å². The topological polar surface area (TPSA) is 50.8 Å². The molecule has 0 radical (unpaired) electrons. The molecule has 1 amide bonds. The van der Waals surface area contributed by atoms with Gasteiger partial charge in [-0.05, 0) is 71.7 Å². The van der Waals surface area contributed by atoms with Gasteiger partial charge in [0.15, 0.2) is 0 Å². The molecule has 2 aromatic rings. The van der Waals surface area contributed by atoms with Gasteiger partial charge in [0, 0.05) is 36.8 Å². The van der Waals surface area contributed by atoms with Gasteiger partial charge in [-0.2, -0.15) is 0 Å². The van der Waals surface area contributed by atoms with Crippen molar-refractivity contribution in [1.29, 1.82) is 0 Å². The molecule has 156 valence electrons. The van der Waals surface area contributed by atoms with E-state index in [4.69, 9.17) is 9.47 Å². The average molecular weight is 465 g/mol. The minimum absolute atomic E-state index is 0.272. The van der Waals surface area contributed by atoms with Gasteiger partial charge in [-0.15, -0.1) is 0 Å². The summed E-state index contributed by atoms with van der Waals surface area (Å²) in [6, 6.07) is 12.2. The van der Waals surface area contributed by atoms with E-state index in [0.717, 1.165) is 43.9 Å². The number of nitrogens with one attached hydrogen (secondary N) is 1. The Morgan fingerprint density at radius 1 is 1.28 bits per heavy atom. The Balaban J connectivity index is 1.47. The lowest BCUT2D eigenvalue weighted by Crippen LogP contribution is -2.38. The van der Waals surface area contributed by atoms with Gasteiger partial charge in [-0.3, -0.25) is 9.69 Å². The minimum Gasteiger partial charge on any atom is -0.492 e. The molecular formula is C22H26BrFN2O3. The molecule has 3 rings (SSSR count). The van der Waals surface area contributed by atoms with E-state index in [1.807, 2.05) is 24.3 Å². The predicted molar refractivity (Wildman–Crippen MR) is 114 cm³/mol. The van der Waals surface area contributed by atoms with Crippen LogP contribution in [0.15, 0.2) is 46.9 Å². The van der Waals surface area contributed by atoms with Gasteiger partial charge in [-0.1, -0.05) is 12.1 Å². The maximum absolute atomic E-state index is 13.4. The fraction of sp³-hybridized carbons (Fsp3) is 0.409. The van der Waals surface area contributed by atoms with E-state index in [1.165, 1.54) is 18.2 Å². The molecule has 1 heterocycles. The third kappa shape index (κ3) is 6.52. The smallest absolute Gasteiger partial charge is 0.252 e. The number of likely N-dealkylation sites (N-methyl/N-ethyl adjacent to an activating group) is 1. The molecule has 1 saturated heterocycles. The second-order valence-corrected chi connectivity index (χ2v) is 7.98. The highest BCUT2D eigenvalue weighted by atomic mass is 79.9. The molecule has 0 aromatic heterocycles. The van der Waals surface area contributed by atoms with Crippen molar-refractivity contribution in [3.8, 4) is 5.75 Å². The van der Waals surface area contributed by atoms with Crippen molar-refractivity contribution in [2.24, 2.45) is 0 Å². The third-order valence-corrected chi connectivity index (χ3v) is 5.74. The Morgan fingerprint density at radius 2 is 2.07 bits per heavy atom. The Bertz CT molecular complexity index is 827. The zero-order valence-corrected chi connectivity index (χ0v) is 18.1. The number of halogens is 2. The van der Waals surface area contributed by atoms with Crippen LogP contribution < -0.4 is 10.1 Å². The first-order valence-electron chi connectivity index (χ1n) is 9.76. The number of hydrogen-bond acceptors (Lipinski definition) is 4. The lowest BCUT2D eigenvalue weighted by Gasteiger charge is -2.31.